The highest BCUT2D eigenvalue weighted by atomic mass is 16.5. The first-order valence-electron chi connectivity index (χ1n) is 13.0. The number of benzene rings is 1. The van der Waals surface area contributed by atoms with E-state index in [1.165, 1.54) is 0 Å². The van der Waals surface area contributed by atoms with Crippen molar-refractivity contribution in [3.8, 4) is 5.75 Å². The molecule has 196 valence electrons. The van der Waals surface area contributed by atoms with Gasteiger partial charge in [0, 0.05) is 30.3 Å². The van der Waals surface area contributed by atoms with Gasteiger partial charge in [-0.3, -0.25) is 14.6 Å². The lowest BCUT2D eigenvalue weighted by Gasteiger charge is -2.25. The van der Waals surface area contributed by atoms with E-state index in [0.717, 1.165) is 43.0 Å². The summed E-state index contributed by atoms with van der Waals surface area (Å²) in [5.41, 5.74) is -0.553. The number of carboxylic acids is 1. The molecule has 1 aliphatic heterocycles. The van der Waals surface area contributed by atoms with Crippen molar-refractivity contribution in [3.05, 3.63) is 61.8 Å². The molecule has 0 spiro atoms. The molecule has 2 N–H and O–H groups in total. The number of carbonyl (C=O) groups is 3. The number of carboxylic acid groups (broad SMARTS) is 1. The lowest BCUT2D eigenvalue weighted by Crippen LogP contribution is -2.53. The molecule has 2 aliphatic rings. The van der Waals surface area contributed by atoms with Crippen LogP contribution in [-0.4, -0.2) is 57.0 Å². The average Bonchev–Trinajstić information content (AvgIpc) is 3.46. The summed E-state index contributed by atoms with van der Waals surface area (Å²) in [5, 5.41) is 13.3. The second kappa shape index (κ2) is 11.6. The number of pyridine rings is 1. The van der Waals surface area contributed by atoms with E-state index in [-0.39, 0.29) is 24.8 Å². The Balaban J connectivity index is 1.47. The minimum absolute atomic E-state index is 0.116. The van der Waals surface area contributed by atoms with Crippen LogP contribution in [0.4, 0.5) is 0 Å². The number of fused-ring (bicyclic) bond motifs is 1. The van der Waals surface area contributed by atoms with Crippen LogP contribution in [0.15, 0.2) is 61.8 Å². The van der Waals surface area contributed by atoms with Crippen LogP contribution in [0, 0.1) is 5.92 Å². The maximum Gasteiger partial charge on any atom is 0.330 e. The zero-order chi connectivity index (χ0) is 26.4. The van der Waals surface area contributed by atoms with Gasteiger partial charge < -0.3 is 20.1 Å². The number of hydrogen-bond acceptors (Lipinski definition) is 5. The van der Waals surface area contributed by atoms with E-state index in [0.29, 0.717) is 18.6 Å². The maximum absolute atomic E-state index is 13.4. The molecule has 1 aromatic heterocycles. The summed E-state index contributed by atoms with van der Waals surface area (Å²) in [6.07, 6.45) is 10.3. The standard InChI is InChI=1S/C29H35N3O5/c1-3-5-6-7-8-9-14-26(33)32-19-21(37-25-15-16-30-23-13-11-10-12-22(23)25)17-24(32)27(34)31-29(28(35)36)18-20(29)4-2/h3-4,10-13,15-16,20-21,24H,1-2,5-9,14,17-19H2,(H,31,34)(H,35,36)/t20-,21-,24+,29-/m1/s1. The number of carbonyl (C=O) groups excluding carboxylic acids is 2. The van der Waals surface area contributed by atoms with Crippen molar-refractivity contribution in [2.45, 2.75) is 69.1 Å². The summed E-state index contributed by atoms with van der Waals surface area (Å²) in [5.74, 6) is -1.35. The van der Waals surface area contributed by atoms with Gasteiger partial charge in [0.25, 0.3) is 0 Å². The van der Waals surface area contributed by atoms with E-state index in [1.807, 2.05) is 30.3 Å². The van der Waals surface area contributed by atoms with Crippen LogP contribution in [-0.2, 0) is 14.4 Å². The topological polar surface area (TPSA) is 109 Å². The van der Waals surface area contributed by atoms with Gasteiger partial charge >= 0.3 is 5.97 Å². The molecule has 8 nitrogen and oxygen atoms in total. The normalized spacial score (nSPS) is 24.4. The molecule has 1 aliphatic carbocycles. The fourth-order valence-electron chi connectivity index (χ4n) is 5.14. The summed E-state index contributed by atoms with van der Waals surface area (Å²) in [7, 11) is 0. The Bertz CT molecular complexity index is 1180. The molecule has 2 heterocycles. The Morgan fingerprint density at radius 1 is 1.16 bits per heavy atom. The highest BCUT2D eigenvalue weighted by molar-refractivity contribution is 5.95. The van der Waals surface area contributed by atoms with E-state index in [2.05, 4.69) is 23.5 Å². The van der Waals surface area contributed by atoms with Crippen molar-refractivity contribution in [1.29, 1.82) is 0 Å². The summed E-state index contributed by atoms with van der Waals surface area (Å²) < 4.78 is 6.30. The third kappa shape index (κ3) is 5.84. The average molecular weight is 506 g/mol. The molecule has 2 fully saturated rings. The van der Waals surface area contributed by atoms with Crippen LogP contribution in [0.25, 0.3) is 10.9 Å². The molecule has 4 rings (SSSR count). The van der Waals surface area contributed by atoms with Crippen molar-refractivity contribution in [2.24, 2.45) is 5.92 Å². The van der Waals surface area contributed by atoms with Crippen molar-refractivity contribution in [1.82, 2.24) is 15.2 Å². The largest absolute Gasteiger partial charge is 0.488 e. The number of hydrogen-bond donors (Lipinski definition) is 2. The number of nitrogens with one attached hydrogen (secondary N) is 1. The number of ether oxygens (including phenoxy) is 1. The molecule has 0 unspecified atom stereocenters. The number of amides is 2. The highest BCUT2D eigenvalue weighted by Gasteiger charge is 2.61. The van der Waals surface area contributed by atoms with E-state index >= 15 is 0 Å². The molecule has 1 aromatic carbocycles. The number of likely N-dealkylation sites (tertiary alicyclic amines) is 1. The molecule has 37 heavy (non-hydrogen) atoms. The van der Waals surface area contributed by atoms with Gasteiger partial charge in [-0.1, -0.05) is 37.1 Å². The van der Waals surface area contributed by atoms with Crippen molar-refractivity contribution in [3.63, 3.8) is 0 Å². The molecular formula is C29H35N3O5. The van der Waals surface area contributed by atoms with Gasteiger partial charge in [-0.15, -0.1) is 13.2 Å². The minimum atomic E-state index is -1.35. The quantitative estimate of drug-likeness (QED) is 0.311. The molecule has 0 radical (unpaired) electrons. The fraction of sp³-hybridized carbons (Fsp3) is 0.448. The first-order valence-corrected chi connectivity index (χ1v) is 13.0. The maximum atomic E-state index is 13.4. The highest BCUT2D eigenvalue weighted by Crippen LogP contribution is 2.45. The van der Waals surface area contributed by atoms with Crippen LogP contribution in [0.1, 0.15) is 51.4 Å². The summed E-state index contributed by atoms with van der Waals surface area (Å²) in [6, 6.07) is 8.61. The second-order valence-corrected chi connectivity index (χ2v) is 9.92. The van der Waals surface area contributed by atoms with Gasteiger partial charge in [0.2, 0.25) is 11.8 Å². The summed E-state index contributed by atoms with van der Waals surface area (Å²) >= 11 is 0. The van der Waals surface area contributed by atoms with Gasteiger partial charge in [0.05, 0.1) is 12.1 Å². The molecule has 4 atom stereocenters. The summed E-state index contributed by atoms with van der Waals surface area (Å²) in [6.45, 7) is 7.67. The number of rotatable bonds is 13. The molecule has 1 saturated heterocycles. The number of aliphatic carboxylic acids is 1. The SMILES string of the molecule is C=CCCCCCCC(=O)N1C[C@H](Oc2ccnc3ccccc23)C[C@H]1C(=O)N[C@]1(C(=O)O)C[C@H]1C=C. The molecular weight excluding hydrogens is 470 g/mol. The van der Waals surface area contributed by atoms with Gasteiger partial charge in [-0.25, -0.2) is 4.79 Å². The predicted octanol–water partition coefficient (Wildman–Crippen LogP) is 4.26. The molecule has 0 bridgehead atoms. The third-order valence-electron chi connectivity index (χ3n) is 7.36. The second-order valence-electron chi connectivity index (χ2n) is 9.92. The molecule has 8 heteroatoms. The predicted molar refractivity (Wildman–Crippen MR) is 141 cm³/mol. The van der Waals surface area contributed by atoms with Gasteiger partial charge in [-0.2, -0.15) is 0 Å². The fourth-order valence-corrected chi connectivity index (χ4v) is 5.14. The van der Waals surface area contributed by atoms with E-state index in [9.17, 15) is 19.5 Å². The number of para-hydroxylation sites is 1. The van der Waals surface area contributed by atoms with E-state index in [1.54, 1.807) is 23.2 Å². The first-order chi connectivity index (χ1) is 17.9. The molecule has 2 aromatic rings. The Labute approximate surface area is 217 Å². The smallest absolute Gasteiger partial charge is 0.330 e. The van der Waals surface area contributed by atoms with E-state index in [4.69, 9.17) is 4.74 Å². The lowest BCUT2D eigenvalue weighted by molar-refractivity contribution is -0.145. The lowest BCUT2D eigenvalue weighted by atomic mass is 10.1. The summed E-state index contributed by atoms with van der Waals surface area (Å²) in [4.78, 5) is 44.4. The Hall–Kier alpha value is -3.68. The van der Waals surface area contributed by atoms with Crippen LogP contribution >= 0.6 is 0 Å². The van der Waals surface area contributed by atoms with E-state index < -0.39 is 29.6 Å². The number of allylic oxidation sites excluding steroid dienone is 1. The number of aromatic nitrogens is 1. The molecule has 1 saturated carbocycles. The van der Waals surface area contributed by atoms with Crippen molar-refractivity contribution in [2.75, 3.05) is 6.54 Å². The first kappa shape index (κ1) is 26.4. The zero-order valence-corrected chi connectivity index (χ0v) is 21.1. The van der Waals surface area contributed by atoms with Gasteiger partial charge in [0.15, 0.2) is 0 Å². The Morgan fingerprint density at radius 2 is 1.95 bits per heavy atom. The number of unbranched alkanes of at least 4 members (excludes halogenated alkanes) is 4. The van der Waals surface area contributed by atoms with Crippen LogP contribution < -0.4 is 10.1 Å². The number of nitrogens with zero attached hydrogens (tertiary/aromatic N) is 2. The van der Waals surface area contributed by atoms with Gasteiger partial charge in [0.1, 0.15) is 23.4 Å². The Morgan fingerprint density at radius 3 is 2.68 bits per heavy atom. The van der Waals surface area contributed by atoms with Crippen molar-refractivity contribution < 1.29 is 24.2 Å². The molecule has 2 amide bonds. The third-order valence-corrected chi connectivity index (χ3v) is 7.36. The minimum Gasteiger partial charge on any atom is -0.488 e. The Kier molecular flexibility index (Phi) is 8.26. The van der Waals surface area contributed by atoms with Crippen LogP contribution in [0.2, 0.25) is 0 Å². The van der Waals surface area contributed by atoms with Crippen LogP contribution in [0.3, 0.4) is 0 Å². The van der Waals surface area contributed by atoms with Crippen LogP contribution in [0.5, 0.6) is 5.75 Å². The zero-order valence-electron chi connectivity index (χ0n) is 21.1. The van der Waals surface area contributed by atoms with Crippen molar-refractivity contribution >= 4 is 28.7 Å². The van der Waals surface area contributed by atoms with Gasteiger partial charge in [-0.05, 0) is 43.9 Å². The monoisotopic (exact) mass is 505 g/mol.